The summed E-state index contributed by atoms with van der Waals surface area (Å²) in [6.45, 7) is 2.29. The van der Waals surface area contributed by atoms with Gasteiger partial charge in [-0.2, -0.15) is 8.42 Å². The second-order valence-corrected chi connectivity index (χ2v) is 6.03. The summed E-state index contributed by atoms with van der Waals surface area (Å²) in [7, 11) is -3.96. The number of aryl methyl sites for hydroxylation is 1. The van der Waals surface area contributed by atoms with Crippen LogP contribution in [0.25, 0.3) is 0 Å². The molecule has 7 heteroatoms. The Labute approximate surface area is 112 Å². The molecule has 1 aromatic carbocycles. The third-order valence-corrected chi connectivity index (χ3v) is 4.28. The predicted octanol–water partition coefficient (Wildman–Crippen LogP) is 0.423. The zero-order valence-corrected chi connectivity index (χ0v) is 11.4. The molecule has 19 heavy (non-hydrogen) atoms. The third-order valence-electron chi connectivity index (χ3n) is 3.06. The maximum atomic E-state index is 12.0. The average molecular weight is 284 g/mol. The van der Waals surface area contributed by atoms with E-state index < -0.39 is 10.1 Å². The molecule has 1 aromatic rings. The van der Waals surface area contributed by atoms with Gasteiger partial charge in [-0.3, -0.25) is 4.79 Å². The molecule has 0 bridgehead atoms. The number of nitrogens with two attached hydrogens (primary N) is 1. The molecule has 0 unspecified atom stereocenters. The van der Waals surface area contributed by atoms with E-state index in [4.69, 9.17) is 10.0 Å². The first-order chi connectivity index (χ1) is 8.94. The first-order valence-corrected chi connectivity index (χ1v) is 7.37. The highest BCUT2D eigenvalue weighted by atomic mass is 32.2. The lowest BCUT2D eigenvalue weighted by Crippen LogP contribution is -2.32. The second-order valence-electron chi connectivity index (χ2n) is 4.50. The van der Waals surface area contributed by atoms with E-state index in [0.717, 1.165) is 10.6 Å². The van der Waals surface area contributed by atoms with Gasteiger partial charge in [0.2, 0.25) is 0 Å². The van der Waals surface area contributed by atoms with Crippen LogP contribution in [0.3, 0.4) is 0 Å². The summed E-state index contributed by atoms with van der Waals surface area (Å²) in [6.07, 6.45) is 0.513. The van der Waals surface area contributed by atoms with Crippen molar-refractivity contribution >= 4 is 16.0 Å². The van der Waals surface area contributed by atoms with Crippen LogP contribution in [-0.2, 0) is 19.2 Å². The van der Waals surface area contributed by atoms with Crippen LogP contribution in [-0.4, -0.2) is 32.5 Å². The van der Waals surface area contributed by atoms with Gasteiger partial charge in [-0.05, 0) is 25.5 Å². The molecule has 0 aromatic heterocycles. The number of carbonyl (C=O) groups is 1. The number of rotatable bonds is 4. The summed E-state index contributed by atoms with van der Waals surface area (Å²) < 4.78 is 28.9. The van der Waals surface area contributed by atoms with E-state index in [1.165, 1.54) is 12.1 Å². The van der Waals surface area contributed by atoms with Gasteiger partial charge in [0.25, 0.3) is 5.91 Å². The molecule has 1 aliphatic rings. The maximum absolute atomic E-state index is 12.0. The summed E-state index contributed by atoms with van der Waals surface area (Å²) in [5.41, 5.74) is 6.37. The normalized spacial score (nSPS) is 20.0. The van der Waals surface area contributed by atoms with Gasteiger partial charge in [-0.15, -0.1) is 4.28 Å². The minimum Gasteiger partial charge on any atom is -0.330 e. The van der Waals surface area contributed by atoms with E-state index >= 15 is 0 Å². The summed E-state index contributed by atoms with van der Waals surface area (Å²) >= 11 is 0. The quantitative estimate of drug-likeness (QED) is 0.865. The number of hydrogen-bond acceptors (Lipinski definition) is 5. The van der Waals surface area contributed by atoms with Crippen molar-refractivity contribution in [2.45, 2.75) is 18.2 Å². The molecule has 1 saturated heterocycles. The minimum absolute atomic E-state index is 0.0297. The molecule has 0 saturated carbocycles. The van der Waals surface area contributed by atoms with Crippen LogP contribution in [0, 0.1) is 12.8 Å². The van der Waals surface area contributed by atoms with Gasteiger partial charge in [0.1, 0.15) is 0 Å². The fourth-order valence-electron chi connectivity index (χ4n) is 1.87. The molecule has 6 nitrogen and oxygen atoms in total. The van der Waals surface area contributed by atoms with Crippen molar-refractivity contribution in [2.75, 3.05) is 13.1 Å². The van der Waals surface area contributed by atoms with Crippen LogP contribution in [0.15, 0.2) is 29.2 Å². The van der Waals surface area contributed by atoms with E-state index in [1.54, 1.807) is 12.1 Å². The molecule has 0 spiro atoms. The molecule has 104 valence electrons. The molecule has 1 amide bonds. The van der Waals surface area contributed by atoms with Crippen LogP contribution in [0.1, 0.15) is 12.0 Å². The third kappa shape index (κ3) is 2.94. The highest BCUT2D eigenvalue weighted by Gasteiger charge is 2.35. The Hall–Kier alpha value is -1.44. The molecule has 2 N–H and O–H groups in total. The SMILES string of the molecule is Cc1ccc(S(=O)(=O)ON2CC[C@H](CN)C2=O)cc1. The number of hydroxylamine groups is 2. The number of amides is 1. The van der Waals surface area contributed by atoms with Crippen LogP contribution in [0.2, 0.25) is 0 Å². The van der Waals surface area contributed by atoms with Gasteiger partial charge < -0.3 is 5.73 Å². The van der Waals surface area contributed by atoms with Gasteiger partial charge in [0.15, 0.2) is 0 Å². The highest BCUT2D eigenvalue weighted by molar-refractivity contribution is 7.86. The Kier molecular flexibility index (Phi) is 3.88. The molecule has 1 fully saturated rings. The Balaban J connectivity index is 2.14. The topological polar surface area (TPSA) is 89.7 Å². The lowest BCUT2D eigenvalue weighted by Gasteiger charge is -2.15. The second kappa shape index (κ2) is 5.28. The van der Waals surface area contributed by atoms with Crippen LogP contribution < -0.4 is 5.73 Å². The van der Waals surface area contributed by atoms with Crippen molar-refractivity contribution in [3.05, 3.63) is 29.8 Å². The van der Waals surface area contributed by atoms with Crippen LogP contribution >= 0.6 is 0 Å². The Morgan fingerprint density at radius 3 is 2.53 bits per heavy atom. The standard InChI is InChI=1S/C12H16N2O4S/c1-9-2-4-11(5-3-9)19(16,17)18-14-7-6-10(8-13)12(14)15/h2-5,10H,6-8,13H2,1H3/t10-/m1/s1. The monoisotopic (exact) mass is 284 g/mol. The van der Waals surface area contributed by atoms with Gasteiger partial charge in [-0.1, -0.05) is 17.7 Å². The Morgan fingerprint density at radius 1 is 1.37 bits per heavy atom. The number of carbonyl (C=O) groups excluding carboxylic acids is 1. The lowest BCUT2D eigenvalue weighted by molar-refractivity contribution is -0.152. The molecular weight excluding hydrogens is 268 g/mol. The highest BCUT2D eigenvalue weighted by Crippen LogP contribution is 2.21. The predicted molar refractivity (Wildman–Crippen MR) is 68.3 cm³/mol. The summed E-state index contributed by atoms with van der Waals surface area (Å²) in [5, 5.41) is 0.882. The van der Waals surface area contributed by atoms with Crippen molar-refractivity contribution in [3.63, 3.8) is 0 Å². The van der Waals surface area contributed by atoms with Crippen molar-refractivity contribution in [1.82, 2.24) is 5.06 Å². The zero-order valence-electron chi connectivity index (χ0n) is 10.6. The molecule has 1 atom stereocenters. The minimum atomic E-state index is -3.96. The van der Waals surface area contributed by atoms with Crippen LogP contribution in [0.5, 0.6) is 0 Å². The van der Waals surface area contributed by atoms with Crippen molar-refractivity contribution in [2.24, 2.45) is 11.7 Å². The summed E-state index contributed by atoms with van der Waals surface area (Å²) in [6, 6.07) is 6.24. The van der Waals surface area contributed by atoms with E-state index in [2.05, 4.69) is 0 Å². The van der Waals surface area contributed by atoms with Gasteiger partial charge in [0, 0.05) is 6.54 Å². The number of benzene rings is 1. The largest absolute Gasteiger partial charge is 0.330 e. The number of nitrogens with zero attached hydrogens (tertiary/aromatic N) is 1. The van der Waals surface area contributed by atoms with E-state index in [9.17, 15) is 13.2 Å². The molecule has 2 rings (SSSR count). The van der Waals surface area contributed by atoms with Crippen molar-refractivity contribution < 1.29 is 17.5 Å². The summed E-state index contributed by atoms with van der Waals surface area (Å²) in [4.78, 5) is 11.8. The fourth-order valence-corrected chi connectivity index (χ4v) is 2.81. The Morgan fingerprint density at radius 2 is 2.00 bits per heavy atom. The van der Waals surface area contributed by atoms with Crippen molar-refractivity contribution in [3.8, 4) is 0 Å². The van der Waals surface area contributed by atoms with E-state index in [-0.39, 0.29) is 29.8 Å². The molecule has 0 radical (unpaired) electrons. The Bertz CT molecular complexity index is 568. The van der Waals surface area contributed by atoms with E-state index in [1.807, 2.05) is 6.92 Å². The first kappa shape index (κ1) is 14.0. The molecule has 1 aliphatic heterocycles. The van der Waals surface area contributed by atoms with Crippen molar-refractivity contribution in [1.29, 1.82) is 0 Å². The smallest absolute Gasteiger partial charge is 0.317 e. The zero-order chi connectivity index (χ0) is 14.0. The average Bonchev–Trinajstić information content (AvgIpc) is 2.70. The summed E-state index contributed by atoms with van der Waals surface area (Å²) in [5.74, 6) is -0.730. The molecule has 0 aliphatic carbocycles. The van der Waals surface area contributed by atoms with E-state index in [0.29, 0.717) is 6.42 Å². The fraction of sp³-hybridized carbons (Fsp3) is 0.417. The molecule has 1 heterocycles. The molecular formula is C12H16N2O4S. The van der Waals surface area contributed by atoms with Crippen LogP contribution in [0.4, 0.5) is 0 Å². The van der Waals surface area contributed by atoms with Gasteiger partial charge in [-0.25, -0.2) is 5.06 Å². The first-order valence-electron chi connectivity index (χ1n) is 5.97. The lowest BCUT2D eigenvalue weighted by atomic mass is 10.1. The number of hydrogen-bond donors (Lipinski definition) is 1. The maximum Gasteiger partial charge on any atom is 0.317 e. The van der Waals surface area contributed by atoms with Gasteiger partial charge in [0.05, 0.1) is 17.4 Å². The van der Waals surface area contributed by atoms with Gasteiger partial charge >= 0.3 is 10.1 Å².